The number of rotatable bonds is 9. The Morgan fingerprint density at radius 3 is 2.50 bits per heavy atom. The average Bonchev–Trinajstić information content (AvgIpc) is 2.66. The van der Waals surface area contributed by atoms with E-state index in [2.05, 4.69) is 10.6 Å². The van der Waals surface area contributed by atoms with Crippen LogP contribution in [0.2, 0.25) is 5.02 Å². The molecule has 0 fully saturated rings. The van der Waals surface area contributed by atoms with E-state index in [0.29, 0.717) is 40.9 Å². The summed E-state index contributed by atoms with van der Waals surface area (Å²) in [5.74, 6) is 1.76. The molecule has 0 spiro atoms. The quantitative estimate of drug-likeness (QED) is 0.701. The summed E-state index contributed by atoms with van der Waals surface area (Å²) in [4.78, 5) is 12.0. The maximum Gasteiger partial charge on any atom is 0.239 e. The third-order valence-corrected chi connectivity index (χ3v) is 4.09. The normalized spacial score (nSPS) is 10.2. The number of hydrogen-bond acceptors (Lipinski definition) is 5. The second-order valence-corrected chi connectivity index (χ2v) is 5.87. The van der Waals surface area contributed by atoms with E-state index in [1.54, 1.807) is 26.4 Å². The predicted molar refractivity (Wildman–Crippen MR) is 103 cm³/mol. The van der Waals surface area contributed by atoms with Crippen LogP contribution in [-0.4, -0.2) is 40.3 Å². The molecule has 0 atom stereocenters. The van der Waals surface area contributed by atoms with E-state index in [0.717, 1.165) is 5.56 Å². The lowest BCUT2D eigenvalue weighted by Crippen LogP contribution is -2.31. The Morgan fingerprint density at radius 2 is 1.81 bits per heavy atom. The van der Waals surface area contributed by atoms with Crippen molar-refractivity contribution in [3.05, 3.63) is 47.0 Å². The molecule has 6 nitrogen and oxygen atoms in total. The van der Waals surface area contributed by atoms with E-state index in [1.165, 1.54) is 7.11 Å². The van der Waals surface area contributed by atoms with Crippen molar-refractivity contribution in [2.45, 2.75) is 6.42 Å². The molecule has 2 aromatic carbocycles. The molecule has 140 valence electrons. The monoisotopic (exact) mass is 378 g/mol. The highest BCUT2D eigenvalue weighted by molar-refractivity contribution is 6.32. The minimum Gasteiger partial charge on any atom is -0.493 e. The van der Waals surface area contributed by atoms with Crippen molar-refractivity contribution in [3.8, 4) is 17.2 Å². The Hall–Kier alpha value is -2.60. The standard InChI is InChI=1S/C19H23ClN2O4/c1-24-16-8-7-13(11-17(16)25-2)9-10-21-18(23)12-22-15-6-4-5-14(20)19(15)26-3/h4-8,11,22H,9-10,12H2,1-3H3,(H,21,23). The Morgan fingerprint density at radius 1 is 1.04 bits per heavy atom. The first-order valence-electron chi connectivity index (χ1n) is 8.13. The SMILES string of the molecule is COc1ccc(CCNC(=O)CNc2cccc(Cl)c2OC)cc1OC. The Kier molecular flexibility index (Phi) is 7.41. The molecular formula is C19H23ClN2O4. The second-order valence-electron chi connectivity index (χ2n) is 5.46. The third-order valence-electron chi connectivity index (χ3n) is 3.79. The van der Waals surface area contributed by atoms with Crippen molar-refractivity contribution >= 4 is 23.2 Å². The molecule has 0 aliphatic carbocycles. The van der Waals surface area contributed by atoms with Gasteiger partial charge in [-0.15, -0.1) is 0 Å². The highest BCUT2D eigenvalue weighted by atomic mass is 35.5. The number of carbonyl (C=O) groups is 1. The number of carbonyl (C=O) groups excluding carboxylic acids is 1. The lowest BCUT2D eigenvalue weighted by molar-refractivity contribution is -0.119. The van der Waals surface area contributed by atoms with Crippen LogP contribution in [0, 0.1) is 0 Å². The highest BCUT2D eigenvalue weighted by Gasteiger charge is 2.09. The van der Waals surface area contributed by atoms with Crippen LogP contribution in [0.25, 0.3) is 0 Å². The van der Waals surface area contributed by atoms with Gasteiger partial charge in [-0.25, -0.2) is 0 Å². The van der Waals surface area contributed by atoms with Gasteiger partial charge in [-0.3, -0.25) is 4.79 Å². The van der Waals surface area contributed by atoms with E-state index in [-0.39, 0.29) is 12.5 Å². The summed E-state index contributed by atoms with van der Waals surface area (Å²) in [6.07, 6.45) is 0.687. The molecule has 1 amide bonds. The molecular weight excluding hydrogens is 356 g/mol. The molecule has 0 aliphatic rings. The van der Waals surface area contributed by atoms with E-state index >= 15 is 0 Å². The van der Waals surface area contributed by atoms with Crippen LogP contribution in [0.3, 0.4) is 0 Å². The number of nitrogens with one attached hydrogen (secondary N) is 2. The molecule has 0 unspecified atom stereocenters. The molecule has 2 rings (SSSR count). The number of para-hydroxylation sites is 1. The number of amides is 1. The van der Waals surface area contributed by atoms with E-state index in [9.17, 15) is 4.79 Å². The largest absolute Gasteiger partial charge is 0.493 e. The molecule has 2 aromatic rings. The van der Waals surface area contributed by atoms with Crippen molar-refractivity contribution in [2.75, 3.05) is 39.7 Å². The molecule has 7 heteroatoms. The van der Waals surface area contributed by atoms with Gasteiger partial charge in [0, 0.05) is 6.54 Å². The first-order chi connectivity index (χ1) is 12.6. The maximum absolute atomic E-state index is 12.0. The maximum atomic E-state index is 12.0. The topological polar surface area (TPSA) is 68.8 Å². The van der Waals surface area contributed by atoms with Crippen molar-refractivity contribution in [1.82, 2.24) is 5.32 Å². The molecule has 26 heavy (non-hydrogen) atoms. The molecule has 0 saturated carbocycles. The average molecular weight is 379 g/mol. The fourth-order valence-electron chi connectivity index (χ4n) is 2.48. The molecule has 0 saturated heterocycles. The molecule has 0 aliphatic heterocycles. The molecule has 0 bridgehead atoms. The fraction of sp³-hybridized carbons (Fsp3) is 0.316. The van der Waals surface area contributed by atoms with Gasteiger partial charge < -0.3 is 24.8 Å². The zero-order valence-corrected chi connectivity index (χ0v) is 15.9. The molecule has 2 N–H and O–H groups in total. The lowest BCUT2D eigenvalue weighted by atomic mass is 10.1. The zero-order valence-electron chi connectivity index (χ0n) is 15.1. The molecule has 0 aromatic heterocycles. The highest BCUT2D eigenvalue weighted by Crippen LogP contribution is 2.32. The summed E-state index contributed by atoms with van der Waals surface area (Å²) in [6.45, 7) is 0.644. The van der Waals surface area contributed by atoms with Gasteiger partial charge in [0.05, 0.1) is 38.6 Å². The number of methoxy groups -OCH3 is 3. The number of halogens is 1. The van der Waals surface area contributed by atoms with Gasteiger partial charge in [0.15, 0.2) is 17.2 Å². The van der Waals surface area contributed by atoms with Gasteiger partial charge >= 0.3 is 0 Å². The van der Waals surface area contributed by atoms with Gasteiger partial charge in [0.1, 0.15) is 0 Å². The van der Waals surface area contributed by atoms with E-state index in [4.69, 9.17) is 25.8 Å². The Labute approximate surface area is 158 Å². The van der Waals surface area contributed by atoms with Gasteiger partial charge in [0.25, 0.3) is 0 Å². The van der Waals surface area contributed by atoms with Crippen LogP contribution in [0.4, 0.5) is 5.69 Å². The lowest BCUT2D eigenvalue weighted by Gasteiger charge is -2.13. The zero-order chi connectivity index (χ0) is 18.9. The Balaban J connectivity index is 1.82. The molecule has 0 heterocycles. The first-order valence-corrected chi connectivity index (χ1v) is 8.50. The summed E-state index contributed by atoms with van der Waals surface area (Å²) in [7, 11) is 4.73. The van der Waals surface area contributed by atoms with Crippen LogP contribution >= 0.6 is 11.6 Å². The first kappa shape index (κ1) is 19.7. The van der Waals surface area contributed by atoms with E-state index < -0.39 is 0 Å². The van der Waals surface area contributed by atoms with Crippen LogP contribution < -0.4 is 24.8 Å². The van der Waals surface area contributed by atoms with E-state index in [1.807, 2.05) is 24.3 Å². The van der Waals surface area contributed by atoms with Gasteiger partial charge in [0.2, 0.25) is 5.91 Å². The number of hydrogen-bond donors (Lipinski definition) is 2. The molecule has 0 radical (unpaired) electrons. The number of benzene rings is 2. The summed E-state index contributed by atoms with van der Waals surface area (Å²) in [5.41, 5.74) is 1.72. The number of anilines is 1. The predicted octanol–water partition coefficient (Wildman–Crippen LogP) is 3.14. The fourth-order valence-corrected chi connectivity index (χ4v) is 2.73. The summed E-state index contributed by atoms with van der Waals surface area (Å²) in [6, 6.07) is 11.0. The van der Waals surface area contributed by atoms with Crippen molar-refractivity contribution < 1.29 is 19.0 Å². The second kappa shape index (κ2) is 9.77. The minimum absolute atomic E-state index is 0.118. The van der Waals surface area contributed by atoms with Crippen molar-refractivity contribution in [2.24, 2.45) is 0 Å². The smallest absolute Gasteiger partial charge is 0.239 e. The van der Waals surface area contributed by atoms with Gasteiger partial charge in [-0.1, -0.05) is 23.7 Å². The van der Waals surface area contributed by atoms with Crippen molar-refractivity contribution in [1.29, 1.82) is 0 Å². The van der Waals surface area contributed by atoms with Crippen LogP contribution in [0.1, 0.15) is 5.56 Å². The summed E-state index contributed by atoms with van der Waals surface area (Å²) in [5, 5.41) is 6.39. The van der Waals surface area contributed by atoms with Crippen molar-refractivity contribution in [3.63, 3.8) is 0 Å². The van der Waals surface area contributed by atoms with Gasteiger partial charge in [-0.05, 0) is 36.2 Å². The van der Waals surface area contributed by atoms with Crippen LogP contribution in [0.5, 0.6) is 17.2 Å². The van der Waals surface area contributed by atoms with Crippen LogP contribution in [0.15, 0.2) is 36.4 Å². The minimum atomic E-state index is -0.118. The summed E-state index contributed by atoms with van der Waals surface area (Å²) < 4.78 is 15.7. The van der Waals surface area contributed by atoms with Crippen LogP contribution in [-0.2, 0) is 11.2 Å². The third kappa shape index (κ3) is 5.20. The Bertz CT molecular complexity index is 752. The van der Waals surface area contributed by atoms with Gasteiger partial charge in [-0.2, -0.15) is 0 Å². The number of ether oxygens (including phenoxy) is 3. The summed E-state index contributed by atoms with van der Waals surface area (Å²) >= 11 is 6.06.